The normalized spacial score (nSPS) is 10.7. The van der Waals surface area contributed by atoms with Gasteiger partial charge < -0.3 is 9.84 Å². The Morgan fingerprint density at radius 2 is 1.94 bits per heavy atom. The van der Waals surface area contributed by atoms with E-state index >= 15 is 0 Å². The summed E-state index contributed by atoms with van der Waals surface area (Å²) in [4.78, 5) is 11.1. The Bertz CT molecular complexity index is 428. The van der Waals surface area contributed by atoms with E-state index in [1.165, 1.54) is 12.1 Å². The molecule has 0 heterocycles. The predicted molar refractivity (Wildman–Crippen MR) is 73.0 cm³/mol. The standard InChI is InChI=1S/C13H16Cl2O3/c1-3-8(4-2)7-18-12-10(13(16)17)5-9(14)6-11(12)15/h5-6,8H,3-4,7H2,1-2H3,(H,16,17). The fraction of sp³-hybridized carbons (Fsp3) is 0.462. The summed E-state index contributed by atoms with van der Waals surface area (Å²) in [6, 6.07) is 2.83. The van der Waals surface area contributed by atoms with E-state index in [1.807, 2.05) is 0 Å². The average Bonchev–Trinajstić information content (AvgIpc) is 2.31. The quantitative estimate of drug-likeness (QED) is 0.839. The van der Waals surface area contributed by atoms with Gasteiger partial charge in [0.15, 0.2) is 5.75 Å². The molecule has 100 valence electrons. The molecule has 0 fully saturated rings. The van der Waals surface area contributed by atoms with Gasteiger partial charge in [0.05, 0.1) is 11.6 Å². The lowest BCUT2D eigenvalue weighted by atomic mass is 10.1. The zero-order valence-corrected chi connectivity index (χ0v) is 11.9. The largest absolute Gasteiger partial charge is 0.491 e. The molecule has 0 aromatic heterocycles. The van der Waals surface area contributed by atoms with Crippen molar-refractivity contribution in [3.8, 4) is 5.75 Å². The Labute approximate surface area is 117 Å². The van der Waals surface area contributed by atoms with Gasteiger partial charge in [-0.3, -0.25) is 0 Å². The number of halogens is 2. The van der Waals surface area contributed by atoms with Gasteiger partial charge in [0.2, 0.25) is 0 Å². The second-order valence-corrected chi connectivity index (χ2v) is 4.91. The van der Waals surface area contributed by atoms with Crippen molar-refractivity contribution in [2.24, 2.45) is 5.92 Å². The van der Waals surface area contributed by atoms with Crippen molar-refractivity contribution in [2.75, 3.05) is 6.61 Å². The van der Waals surface area contributed by atoms with Gasteiger partial charge in [0.25, 0.3) is 0 Å². The van der Waals surface area contributed by atoms with Crippen LogP contribution in [0.3, 0.4) is 0 Å². The van der Waals surface area contributed by atoms with Crippen LogP contribution in [0.2, 0.25) is 10.0 Å². The summed E-state index contributed by atoms with van der Waals surface area (Å²) in [6.45, 7) is 4.59. The van der Waals surface area contributed by atoms with Gasteiger partial charge in [-0.1, -0.05) is 49.9 Å². The van der Waals surface area contributed by atoms with E-state index in [-0.39, 0.29) is 21.4 Å². The molecule has 1 rings (SSSR count). The predicted octanol–water partition coefficient (Wildman–Crippen LogP) is 4.51. The van der Waals surface area contributed by atoms with E-state index in [9.17, 15) is 4.79 Å². The molecule has 0 saturated heterocycles. The van der Waals surface area contributed by atoms with Gasteiger partial charge in [0, 0.05) is 5.02 Å². The molecule has 1 aromatic rings. The zero-order chi connectivity index (χ0) is 13.7. The SMILES string of the molecule is CCC(CC)COc1c(Cl)cc(Cl)cc1C(=O)O. The molecule has 0 aliphatic heterocycles. The fourth-order valence-corrected chi connectivity index (χ4v) is 2.14. The Morgan fingerprint density at radius 1 is 1.33 bits per heavy atom. The van der Waals surface area contributed by atoms with Crippen LogP contribution >= 0.6 is 23.2 Å². The highest BCUT2D eigenvalue weighted by molar-refractivity contribution is 6.36. The van der Waals surface area contributed by atoms with Crippen molar-refractivity contribution in [2.45, 2.75) is 26.7 Å². The number of carbonyl (C=O) groups is 1. The molecule has 0 aliphatic rings. The molecule has 0 spiro atoms. The number of carboxylic acids is 1. The van der Waals surface area contributed by atoms with Gasteiger partial charge in [-0.05, 0) is 18.1 Å². The lowest BCUT2D eigenvalue weighted by Crippen LogP contribution is -2.12. The molecule has 0 aliphatic carbocycles. The third-order valence-electron chi connectivity index (χ3n) is 2.86. The van der Waals surface area contributed by atoms with Crippen LogP contribution in [-0.2, 0) is 0 Å². The summed E-state index contributed by atoms with van der Waals surface area (Å²) in [7, 11) is 0. The third kappa shape index (κ3) is 3.79. The lowest BCUT2D eigenvalue weighted by Gasteiger charge is -2.16. The van der Waals surface area contributed by atoms with Crippen LogP contribution in [-0.4, -0.2) is 17.7 Å². The first kappa shape index (κ1) is 15.1. The topological polar surface area (TPSA) is 46.5 Å². The molecule has 0 unspecified atom stereocenters. The molecule has 0 atom stereocenters. The molecule has 0 radical (unpaired) electrons. The molecule has 0 saturated carbocycles. The van der Waals surface area contributed by atoms with Gasteiger partial charge in [-0.25, -0.2) is 4.79 Å². The highest BCUT2D eigenvalue weighted by Crippen LogP contribution is 2.33. The summed E-state index contributed by atoms with van der Waals surface area (Å²) < 4.78 is 5.56. The van der Waals surface area contributed by atoms with Crippen LogP contribution in [0.25, 0.3) is 0 Å². The van der Waals surface area contributed by atoms with Crippen molar-refractivity contribution in [1.82, 2.24) is 0 Å². The smallest absolute Gasteiger partial charge is 0.339 e. The third-order valence-corrected chi connectivity index (χ3v) is 3.36. The fourth-order valence-electron chi connectivity index (χ4n) is 1.59. The Hall–Kier alpha value is -0.930. The van der Waals surface area contributed by atoms with Crippen molar-refractivity contribution in [1.29, 1.82) is 0 Å². The molecule has 3 nitrogen and oxygen atoms in total. The summed E-state index contributed by atoms with van der Waals surface area (Å²) in [5.41, 5.74) is -0.00143. The van der Waals surface area contributed by atoms with Crippen molar-refractivity contribution in [3.63, 3.8) is 0 Å². The van der Waals surface area contributed by atoms with E-state index in [0.29, 0.717) is 12.5 Å². The van der Waals surface area contributed by atoms with E-state index in [4.69, 9.17) is 33.0 Å². The number of hydrogen-bond donors (Lipinski definition) is 1. The molecule has 18 heavy (non-hydrogen) atoms. The number of rotatable bonds is 6. The number of benzene rings is 1. The molecule has 0 bridgehead atoms. The van der Waals surface area contributed by atoms with Crippen LogP contribution in [0.15, 0.2) is 12.1 Å². The molecule has 1 aromatic carbocycles. The van der Waals surface area contributed by atoms with Crippen LogP contribution in [0.5, 0.6) is 5.75 Å². The number of carboxylic acid groups (broad SMARTS) is 1. The lowest BCUT2D eigenvalue weighted by molar-refractivity contribution is 0.0691. The highest BCUT2D eigenvalue weighted by Gasteiger charge is 2.17. The summed E-state index contributed by atoms with van der Waals surface area (Å²) in [5, 5.41) is 9.61. The van der Waals surface area contributed by atoms with Crippen molar-refractivity contribution >= 4 is 29.2 Å². The highest BCUT2D eigenvalue weighted by atomic mass is 35.5. The summed E-state index contributed by atoms with van der Waals surface area (Å²) in [5.74, 6) is -0.516. The molecule has 0 amide bonds. The van der Waals surface area contributed by atoms with Gasteiger partial charge in [0.1, 0.15) is 5.56 Å². The second kappa shape index (κ2) is 6.86. The Kier molecular flexibility index (Phi) is 5.76. The van der Waals surface area contributed by atoms with Crippen molar-refractivity contribution < 1.29 is 14.6 Å². The van der Waals surface area contributed by atoms with Crippen LogP contribution in [0.1, 0.15) is 37.0 Å². The van der Waals surface area contributed by atoms with E-state index < -0.39 is 5.97 Å². The average molecular weight is 291 g/mol. The van der Waals surface area contributed by atoms with Crippen LogP contribution in [0, 0.1) is 5.92 Å². The molecule has 5 heteroatoms. The number of ether oxygens (including phenoxy) is 1. The van der Waals surface area contributed by atoms with Crippen LogP contribution < -0.4 is 4.74 Å². The van der Waals surface area contributed by atoms with E-state index in [2.05, 4.69) is 13.8 Å². The second-order valence-electron chi connectivity index (χ2n) is 4.06. The maximum atomic E-state index is 11.1. The van der Waals surface area contributed by atoms with Gasteiger partial charge >= 0.3 is 5.97 Å². The van der Waals surface area contributed by atoms with Gasteiger partial charge in [-0.2, -0.15) is 0 Å². The maximum Gasteiger partial charge on any atom is 0.339 e. The van der Waals surface area contributed by atoms with Gasteiger partial charge in [-0.15, -0.1) is 0 Å². The molecular formula is C13H16Cl2O3. The zero-order valence-electron chi connectivity index (χ0n) is 10.4. The number of hydrogen-bond acceptors (Lipinski definition) is 2. The minimum absolute atomic E-state index is 0.00143. The maximum absolute atomic E-state index is 11.1. The molecular weight excluding hydrogens is 275 g/mol. The first-order valence-electron chi connectivity index (χ1n) is 5.84. The Morgan fingerprint density at radius 3 is 2.44 bits per heavy atom. The van der Waals surface area contributed by atoms with Crippen LogP contribution in [0.4, 0.5) is 0 Å². The first-order chi connectivity index (χ1) is 8.49. The minimum atomic E-state index is -1.10. The van der Waals surface area contributed by atoms with Crippen molar-refractivity contribution in [3.05, 3.63) is 27.7 Å². The first-order valence-corrected chi connectivity index (χ1v) is 6.60. The number of aromatic carboxylic acids is 1. The Balaban J connectivity index is 2.96. The molecule has 1 N–H and O–H groups in total. The summed E-state index contributed by atoms with van der Waals surface area (Å²) >= 11 is 11.8. The van der Waals surface area contributed by atoms with E-state index in [0.717, 1.165) is 12.8 Å². The van der Waals surface area contributed by atoms with E-state index in [1.54, 1.807) is 0 Å². The summed E-state index contributed by atoms with van der Waals surface area (Å²) in [6.07, 6.45) is 1.95. The minimum Gasteiger partial charge on any atom is -0.491 e. The monoisotopic (exact) mass is 290 g/mol.